The summed E-state index contributed by atoms with van der Waals surface area (Å²) in [5.74, 6) is 2.20. The quantitative estimate of drug-likeness (QED) is 0.430. The Morgan fingerprint density at radius 2 is 1.68 bits per heavy atom. The van der Waals surface area contributed by atoms with E-state index in [1.165, 1.54) is 0 Å². The minimum atomic E-state index is 0.535. The Bertz CT molecular complexity index is 1170. The summed E-state index contributed by atoms with van der Waals surface area (Å²) in [5, 5.41) is 4.25. The molecule has 0 aliphatic carbocycles. The van der Waals surface area contributed by atoms with Crippen LogP contribution < -0.4 is 14.4 Å². The predicted octanol–water partition coefficient (Wildman–Crippen LogP) is 3.83. The monoisotopic (exact) mass is 419 g/mol. The van der Waals surface area contributed by atoms with Gasteiger partial charge in [-0.15, -0.1) is 0 Å². The van der Waals surface area contributed by atoms with Gasteiger partial charge in [0, 0.05) is 68.1 Å². The fourth-order valence-corrected chi connectivity index (χ4v) is 3.38. The molecule has 0 aliphatic heterocycles. The second kappa shape index (κ2) is 9.01. The van der Waals surface area contributed by atoms with Gasteiger partial charge in [0.25, 0.3) is 0 Å². The highest BCUT2D eigenvalue weighted by Gasteiger charge is 2.15. The molecule has 0 radical (unpaired) electrons. The van der Waals surface area contributed by atoms with Crippen molar-refractivity contribution >= 4 is 22.5 Å². The van der Waals surface area contributed by atoms with Crippen LogP contribution in [-0.4, -0.2) is 54.2 Å². The van der Waals surface area contributed by atoms with E-state index in [2.05, 4.69) is 15.0 Å². The van der Waals surface area contributed by atoms with Gasteiger partial charge in [0.1, 0.15) is 17.3 Å². The topological polar surface area (TPSA) is 74.5 Å². The van der Waals surface area contributed by atoms with Crippen molar-refractivity contribution in [3.63, 3.8) is 0 Å². The Kier molecular flexibility index (Phi) is 5.99. The van der Waals surface area contributed by atoms with Crippen LogP contribution in [0.5, 0.6) is 11.5 Å². The van der Waals surface area contributed by atoms with Crippen LogP contribution in [0, 0.1) is 0 Å². The van der Waals surface area contributed by atoms with Crippen LogP contribution in [0.15, 0.2) is 55.0 Å². The molecule has 3 aromatic heterocycles. The number of pyridine rings is 2. The van der Waals surface area contributed by atoms with Crippen molar-refractivity contribution in [3.8, 4) is 22.6 Å². The maximum absolute atomic E-state index is 5.45. The maximum Gasteiger partial charge on any atom is 0.133 e. The number of methoxy groups -OCH3 is 3. The zero-order valence-corrected chi connectivity index (χ0v) is 18.1. The lowest BCUT2D eigenvalue weighted by Gasteiger charge is -2.25. The molecule has 4 aromatic rings. The van der Waals surface area contributed by atoms with Crippen LogP contribution in [-0.2, 0) is 11.8 Å². The third kappa shape index (κ3) is 4.44. The summed E-state index contributed by atoms with van der Waals surface area (Å²) >= 11 is 0. The van der Waals surface area contributed by atoms with E-state index < -0.39 is 0 Å². The van der Waals surface area contributed by atoms with E-state index in [0.717, 1.165) is 33.7 Å². The Labute approximate surface area is 181 Å². The van der Waals surface area contributed by atoms with Gasteiger partial charge < -0.3 is 19.1 Å². The fraction of sp³-hybridized carbons (Fsp3) is 0.261. The number of fused-ring (bicyclic) bond motifs is 1. The first-order chi connectivity index (χ1) is 15.1. The largest absolute Gasteiger partial charge is 0.497 e. The van der Waals surface area contributed by atoms with Gasteiger partial charge in [0.05, 0.1) is 38.1 Å². The zero-order chi connectivity index (χ0) is 21.8. The second-order valence-corrected chi connectivity index (χ2v) is 7.05. The van der Waals surface area contributed by atoms with Crippen LogP contribution in [0.4, 0.5) is 11.5 Å². The van der Waals surface area contributed by atoms with Crippen molar-refractivity contribution in [1.29, 1.82) is 0 Å². The number of rotatable bonds is 8. The van der Waals surface area contributed by atoms with Gasteiger partial charge in [-0.25, -0.2) is 4.98 Å². The van der Waals surface area contributed by atoms with Crippen molar-refractivity contribution in [2.45, 2.75) is 0 Å². The van der Waals surface area contributed by atoms with Crippen LogP contribution in [0.3, 0.4) is 0 Å². The van der Waals surface area contributed by atoms with Gasteiger partial charge >= 0.3 is 0 Å². The molecule has 160 valence electrons. The Morgan fingerprint density at radius 1 is 0.903 bits per heavy atom. The van der Waals surface area contributed by atoms with Gasteiger partial charge in [0.15, 0.2) is 0 Å². The molecule has 0 bridgehead atoms. The van der Waals surface area contributed by atoms with Crippen molar-refractivity contribution in [2.24, 2.45) is 7.05 Å². The third-order valence-corrected chi connectivity index (χ3v) is 5.00. The minimum absolute atomic E-state index is 0.535. The number of ether oxygens (including phenoxy) is 3. The number of hydrogen-bond donors (Lipinski definition) is 0. The number of hydrogen-bond acceptors (Lipinski definition) is 7. The minimum Gasteiger partial charge on any atom is -0.497 e. The average molecular weight is 419 g/mol. The first-order valence-electron chi connectivity index (χ1n) is 9.86. The Morgan fingerprint density at radius 3 is 2.32 bits per heavy atom. The van der Waals surface area contributed by atoms with E-state index in [9.17, 15) is 0 Å². The number of aryl methyl sites for hydroxylation is 1. The zero-order valence-electron chi connectivity index (χ0n) is 18.1. The fourth-order valence-electron chi connectivity index (χ4n) is 3.38. The lowest BCUT2D eigenvalue weighted by atomic mass is 10.1. The lowest BCUT2D eigenvalue weighted by molar-refractivity contribution is 0.207. The summed E-state index contributed by atoms with van der Waals surface area (Å²) in [6.45, 7) is 1.15. The molecule has 0 unspecified atom stereocenters. The molecular formula is C23H25N5O3. The molecule has 1 aromatic carbocycles. The molecule has 31 heavy (non-hydrogen) atoms. The van der Waals surface area contributed by atoms with E-state index in [4.69, 9.17) is 19.2 Å². The van der Waals surface area contributed by atoms with Gasteiger partial charge in [-0.1, -0.05) is 0 Å². The molecule has 0 aliphatic rings. The molecule has 0 atom stereocenters. The average Bonchev–Trinajstić information content (AvgIpc) is 3.24. The highest BCUT2D eigenvalue weighted by Crippen LogP contribution is 2.33. The van der Waals surface area contributed by atoms with Crippen LogP contribution in [0.2, 0.25) is 0 Å². The van der Waals surface area contributed by atoms with Crippen molar-refractivity contribution in [2.75, 3.05) is 39.4 Å². The van der Waals surface area contributed by atoms with Crippen molar-refractivity contribution in [3.05, 3.63) is 55.0 Å². The van der Waals surface area contributed by atoms with E-state index in [-0.39, 0.29) is 0 Å². The molecule has 0 fully saturated rings. The highest BCUT2D eigenvalue weighted by molar-refractivity contribution is 5.82. The van der Waals surface area contributed by atoms with Gasteiger partial charge in [0.2, 0.25) is 0 Å². The van der Waals surface area contributed by atoms with E-state index in [1.807, 2.05) is 62.0 Å². The van der Waals surface area contributed by atoms with Crippen molar-refractivity contribution < 1.29 is 14.2 Å². The molecule has 4 rings (SSSR count). The Balaban J connectivity index is 1.78. The lowest BCUT2D eigenvalue weighted by Crippen LogP contribution is -2.23. The van der Waals surface area contributed by atoms with Crippen LogP contribution >= 0.6 is 0 Å². The highest BCUT2D eigenvalue weighted by atomic mass is 16.5. The number of aromatic nitrogens is 4. The van der Waals surface area contributed by atoms with Gasteiger partial charge in [-0.3, -0.25) is 9.67 Å². The van der Waals surface area contributed by atoms with E-state index in [0.29, 0.717) is 24.7 Å². The van der Waals surface area contributed by atoms with E-state index >= 15 is 0 Å². The summed E-state index contributed by atoms with van der Waals surface area (Å²) in [6.07, 6.45) is 5.62. The summed E-state index contributed by atoms with van der Waals surface area (Å²) < 4.78 is 18.0. The number of anilines is 2. The second-order valence-electron chi connectivity index (χ2n) is 7.05. The maximum atomic E-state index is 5.45. The third-order valence-electron chi connectivity index (χ3n) is 5.00. The molecule has 0 spiro atoms. The molecule has 8 heteroatoms. The number of nitrogens with zero attached hydrogens (tertiary/aromatic N) is 5. The summed E-state index contributed by atoms with van der Waals surface area (Å²) in [4.78, 5) is 11.6. The smallest absolute Gasteiger partial charge is 0.133 e. The Hall–Kier alpha value is -3.65. The number of benzene rings is 1. The molecule has 8 nitrogen and oxygen atoms in total. The van der Waals surface area contributed by atoms with Gasteiger partial charge in [-0.2, -0.15) is 5.10 Å². The summed E-state index contributed by atoms with van der Waals surface area (Å²) in [7, 11) is 6.85. The summed E-state index contributed by atoms with van der Waals surface area (Å²) in [6, 6.07) is 11.7. The molecule has 3 heterocycles. The SMILES string of the molecule is COCCN(c1cc(OC)cc(OC)c1)c1ccc2ncc(-c3cnn(C)c3)cc2n1. The normalized spacial score (nSPS) is 11.0. The van der Waals surface area contributed by atoms with Crippen LogP contribution in [0.25, 0.3) is 22.2 Å². The molecular weight excluding hydrogens is 394 g/mol. The first-order valence-corrected chi connectivity index (χ1v) is 9.86. The molecule has 0 saturated heterocycles. The molecule has 0 saturated carbocycles. The van der Waals surface area contributed by atoms with Gasteiger partial charge in [-0.05, 0) is 18.2 Å². The first kappa shape index (κ1) is 20.6. The molecule has 0 N–H and O–H groups in total. The van der Waals surface area contributed by atoms with E-state index in [1.54, 1.807) is 26.0 Å². The summed E-state index contributed by atoms with van der Waals surface area (Å²) in [5.41, 5.74) is 4.49. The molecule has 0 amide bonds. The van der Waals surface area contributed by atoms with Crippen LogP contribution in [0.1, 0.15) is 0 Å². The van der Waals surface area contributed by atoms with Crippen molar-refractivity contribution in [1.82, 2.24) is 19.7 Å². The predicted molar refractivity (Wildman–Crippen MR) is 120 cm³/mol. The standard InChI is InChI=1S/C23H25N5O3/c1-27-15-17(14-25-27)16-9-22-21(24-13-16)5-6-23(26-22)28(7-8-29-2)18-10-19(30-3)12-20(11-18)31-4/h5-6,9-15H,7-8H2,1-4H3.